The van der Waals surface area contributed by atoms with E-state index in [1.807, 2.05) is 18.2 Å². The summed E-state index contributed by atoms with van der Waals surface area (Å²) in [5.41, 5.74) is 1.39. The summed E-state index contributed by atoms with van der Waals surface area (Å²) in [6.07, 6.45) is 20.3. The molecular weight excluding hydrogens is 739 g/mol. The van der Waals surface area contributed by atoms with Crippen molar-refractivity contribution < 1.29 is 17.7 Å². The maximum Gasteiger partial charge on any atom is 0.210 e. The Balaban J connectivity index is 1.08. The maximum atomic E-state index is 14.5. The molecule has 3 saturated heterocycles. The van der Waals surface area contributed by atoms with Gasteiger partial charge in [-0.15, -0.1) is 0 Å². The van der Waals surface area contributed by atoms with E-state index in [2.05, 4.69) is 45.4 Å². The van der Waals surface area contributed by atoms with Gasteiger partial charge in [0, 0.05) is 75.0 Å². The first-order valence-electron chi connectivity index (χ1n) is 21.9. The highest BCUT2D eigenvalue weighted by Gasteiger charge is 2.34. The molecule has 11 heteroatoms. The smallest absolute Gasteiger partial charge is 0.210 e. The SMILES string of the molecule is CCCCCCCCCCCCOc1ccc(S(=O)(=O)c2cnc3ccc([S+](C)[O-])cc3c2N2CCC(N3CCC(N4CCN(C(C)C)CC4)CC3)CC2)cc1. The predicted octanol–water partition coefficient (Wildman–Crippen LogP) is 8.56. The van der Waals surface area contributed by atoms with Crippen molar-refractivity contribution in [3.05, 3.63) is 48.7 Å². The van der Waals surface area contributed by atoms with Crippen molar-refractivity contribution in [2.45, 2.75) is 143 Å². The van der Waals surface area contributed by atoms with Crippen molar-refractivity contribution in [2.75, 3.05) is 70.1 Å². The number of piperazine rings is 1. The first-order valence-corrected chi connectivity index (χ1v) is 24.9. The lowest BCUT2D eigenvalue weighted by molar-refractivity contribution is 0.0359. The van der Waals surface area contributed by atoms with Gasteiger partial charge in [0.15, 0.2) is 4.90 Å². The van der Waals surface area contributed by atoms with Crippen LogP contribution in [0.5, 0.6) is 5.75 Å². The van der Waals surface area contributed by atoms with Gasteiger partial charge in [0.1, 0.15) is 16.9 Å². The lowest BCUT2D eigenvalue weighted by Gasteiger charge is -2.46. The van der Waals surface area contributed by atoms with Crippen LogP contribution in [0, 0.1) is 0 Å². The highest BCUT2D eigenvalue weighted by atomic mass is 32.2. The summed E-state index contributed by atoms with van der Waals surface area (Å²) < 4.78 is 47.6. The van der Waals surface area contributed by atoms with Crippen LogP contribution < -0.4 is 9.64 Å². The zero-order chi connectivity index (χ0) is 39.5. The van der Waals surface area contributed by atoms with E-state index in [9.17, 15) is 13.0 Å². The van der Waals surface area contributed by atoms with Crippen molar-refractivity contribution in [3.63, 3.8) is 0 Å². The van der Waals surface area contributed by atoms with Crippen LogP contribution >= 0.6 is 0 Å². The molecule has 1 atom stereocenters. The number of sulfone groups is 1. The standard InChI is InChI=1S/C45H69N5O4S2/c1-5-6-7-8-9-10-11-12-13-14-33-54-39-15-18-41(19-16-39)56(52,53)44-35-46-43-20-17-40(55(4)51)34-42(43)45(44)50-27-23-37(24-28-50)48-25-21-38(22-26-48)49-31-29-47(30-32-49)36(2)3/h15-20,34-38H,5-14,21-33H2,1-4H3. The van der Waals surface area contributed by atoms with E-state index in [-0.39, 0.29) is 9.79 Å². The Kier molecular flexibility index (Phi) is 16.2. The minimum absolute atomic E-state index is 0.208. The summed E-state index contributed by atoms with van der Waals surface area (Å²) in [7, 11) is -3.92. The van der Waals surface area contributed by atoms with Gasteiger partial charge in [-0.1, -0.05) is 64.7 Å². The molecular formula is C45H69N5O4S2. The van der Waals surface area contributed by atoms with Gasteiger partial charge >= 0.3 is 0 Å². The van der Waals surface area contributed by atoms with E-state index >= 15 is 0 Å². The highest BCUT2D eigenvalue weighted by molar-refractivity contribution is 7.91. The number of nitrogens with zero attached hydrogens (tertiary/aromatic N) is 5. The summed E-state index contributed by atoms with van der Waals surface area (Å²) in [4.78, 5) is 16.0. The van der Waals surface area contributed by atoms with Gasteiger partial charge in [0.05, 0.1) is 22.7 Å². The molecule has 1 aromatic heterocycles. The third-order valence-electron chi connectivity index (χ3n) is 12.7. The molecule has 3 aliphatic heterocycles. The van der Waals surface area contributed by atoms with Gasteiger partial charge in [0.2, 0.25) is 9.84 Å². The molecule has 0 aliphatic carbocycles. The molecule has 0 amide bonds. The van der Waals surface area contributed by atoms with Crippen LogP contribution in [-0.2, 0) is 21.0 Å². The number of rotatable bonds is 19. The molecule has 0 saturated carbocycles. The Morgan fingerprint density at radius 1 is 0.768 bits per heavy atom. The number of benzene rings is 2. The molecule has 6 rings (SSSR count). The fourth-order valence-electron chi connectivity index (χ4n) is 9.15. The number of ether oxygens (including phenoxy) is 1. The molecule has 3 fully saturated rings. The van der Waals surface area contributed by atoms with Gasteiger partial charge < -0.3 is 19.1 Å². The summed E-state index contributed by atoms with van der Waals surface area (Å²) in [5, 5.41) is 0.743. The number of piperidine rings is 2. The van der Waals surface area contributed by atoms with Crippen molar-refractivity contribution in [2.24, 2.45) is 0 Å². The van der Waals surface area contributed by atoms with E-state index in [1.165, 1.54) is 96.6 Å². The average Bonchev–Trinajstić information content (AvgIpc) is 3.22. The second-order valence-electron chi connectivity index (χ2n) is 16.8. The molecule has 4 heterocycles. The van der Waals surface area contributed by atoms with Crippen LogP contribution in [0.15, 0.2) is 63.3 Å². The van der Waals surface area contributed by atoms with Gasteiger partial charge in [-0.25, -0.2) is 8.42 Å². The fraction of sp³-hybridized carbons (Fsp3) is 0.667. The molecule has 56 heavy (non-hydrogen) atoms. The maximum absolute atomic E-state index is 14.5. The number of hydrogen-bond acceptors (Lipinski definition) is 9. The van der Waals surface area contributed by atoms with Gasteiger partial charge in [0.25, 0.3) is 0 Å². The van der Waals surface area contributed by atoms with E-state index in [0.29, 0.717) is 46.6 Å². The van der Waals surface area contributed by atoms with Crippen molar-refractivity contribution in [1.29, 1.82) is 0 Å². The largest absolute Gasteiger partial charge is 0.612 e. The van der Waals surface area contributed by atoms with Gasteiger partial charge in [-0.2, -0.15) is 0 Å². The van der Waals surface area contributed by atoms with Crippen LogP contribution in [0.25, 0.3) is 10.9 Å². The third-order valence-corrected chi connectivity index (χ3v) is 15.4. The first-order chi connectivity index (χ1) is 27.2. The third kappa shape index (κ3) is 11.2. The molecule has 3 aliphatic rings. The van der Waals surface area contributed by atoms with Gasteiger partial charge in [-0.05, 0) is 107 Å². The molecule has 9 nitrogen and oxygen atoms in total. The summed E-state index contributed by atoms with van der Waals surface area (Å²) >= 11 is -1.21. The first kappa shape index (κ1) is 43.2. The highest BCUT2D eigenvalue weighted by Crippen LogP contribution is 2.39. The number of unbranched alkanes of at least 4 members (excludes halogenated alkanes) is 9. The number of likely N-dealkylation sites (tertiary alicyclic amines) is 1. The number of anilines is 1. The lowest BCUT2D eigenvalue weighted by atomic mass is 9.96. The Morgan fingerprint density at radius 2 is 1.34 bits per heavy atom. The lowest BCUT2D eigenvalue weighted by Crippen LogP contribution is -2.56. The minimum Gasteiger partial charge on any atom is -0.612 e. The molecule has 0 bridgehead atoms. The van der Waals surface area contributed by atoms with Crippen LogP contribution in [0.2, 0.25) is 0 Å². The molecule has 0 N–H and O–H groups in total. The van der Waals surface area contributed by atoms with Crippen molar-refractivity contribution >= 4 is 37.6 Å². The number of pyridine rings is 1. The number of fused-ring (bicyclic) bond motifs is 1. The normalized spacial score (nSPS) is 19.3. The minimum atomic E-state index is -3.92. The van der Waals surface area contributed by atoms with E-state index in [1.54, 1.807) is 30.5 Å². The van der Waals surface area contributed by atoms with Crippen molar-refractivity contribution in [3.8, 4) is 5.75 Å². The summed E-state index contributed by atoms with van der Waals surface area (Å²) in [5.74, 6) is 0.687. The molecule has 0 spiro atoms. The summed E-state index contributed by atoms with van der Waals surface area (Å²) in [6, 6.07) is 14.2. The van der Waals surface area contributed by atoms with Crippen LogP contribution in [0.3, 0.4) is 0 Å². The Morgan fingerprint density at radius 3 is 1.93 bits per heavy atom. The van der Waals surface area contributed by atoms with Crippen LogP contribution in [0.1, 0.15) is 111 Å². The molecule has 310 valence electrons. The second-order valence-corrected chi connectivity index (χ2v) is 20.1. The summed E-state index contributed by atoms with van der Waals surface area (Å²) in [6.45, 7) is 16.0. The quantitative estimate of drug-likeness (QED) is 0.0873. The molecule has 1 unspecified atom stereocenters. The van der Waals surface area contributed by atoms with Crippen LogP contribution in [-0.4, -0.2) is 116 Å². The topological polar surface area (TPSA) is 92.3 Å². The van der Waals surface area contributed by atoms with Crippen molar-refractivity contribution in [1.82, 2.24) is 19.7 Å². The second kappa shape index (κ2) is 21.0. The number of aromatic nitrogens is 1. The van der Waals surface area contributed by atoms with E-state index in [4.69, 9.17) is 4.74 Å². The Hall–Kier alpha value is -2.41. The zero-order valence-corrected chi connectivity index (χ0v) is 36.4. The monoisotopic (exact) mass is 807 g/mol. The zero-order valence-electron chi connectivity index (χ0n) is 34.8. The van der Waals surface area contributed by atoms with Gasteiger partial charge in [-0.3, -0.25) is 14.8 Å². The van der Waals surface area contributed by atoms with Crippen LogP contribution in [0.4, 0.5) is 5.69 Å². The van der Waals surface area contributed by atoms with E-state index in [0.717, 1.165) is 57.2 Å². The molecule has 0 radical (unpaired) electrons. The predicted molar refractivity (Wildman–Crippen MR) is 231 cm³/mol. The molecule has 2 aromatic carbocycles. The van der Waals surface area contributed by atoms with E-state index < -0.39 is 21.0 Å². The Labute approximate surface area is 341 Å². The number of hydrogen-bond donors (Lipinski definition) is 0. The fourth-order valence-corrected chi connectivity index (χ4v) is 11.1. The molecule has 3 aromatic rings. The average molecular weight is 808 g/mol. The Bertz CT molecular complexity index is 1750.